The number of nitrogens with one attached hydrogen (secondary N) is 1. The number of aliphatic hydroxyl groups excluding tert-OH is 1. The summed E-state index contributed by atoms with van der Waals surface area (Å²) in [6.45, 7) is 2.43. The first-order valence-electron chi connectivity index (χ1n) is 8.32. The van der Waals surface area contributed by atoms with Gasteiger partial charge in [0.25, 0.3) is 0 Å². The molecule has 5 nitrogen and oxygen atoms in total. The van der Waals surface area contributed by atoms with Crippen LogP contribution in [0, 0.1) is 11.3 Å². The Hall–Kier alpha value is -2.84. The number of hydrogen-bond donors (Lipinski definition) is 2. The van der Waals surface area contributed by atoms with Gasteiger partial charge in [0.1, 0.15) is 0 Å². The fourth-order valence-corrected chi connectivity index (χ4v) is 2.54. The highest BCUT2D eigenvalue weighted by Gasteiger charge is 2.20. The summed E-state index contributed by atoms with van der Waals surface area (Å²) in [5, 5.41) is 20.8. The second-order valence-corrected chi connectivity index (χ2v) is 5.94. The van der Waals surface area contributed by atoms with Gasteiger partial charge in [0.15, 0.2) is 0 Å². The van der Waals surface area contributed by atoms with Gasteiger partial charge in [0.2, 0.25) is 0 Å². The summed E-state index contributed by atoms with van der Waals surface area (Å²) in [6, 6.07) is 18.8. The molecule has 0 radical (unpaired) electrons. The van der Waals surface area contributed by atoms with Crippen LogP contribution < -0.4 is 5.32 Å². The van der Waals surface area contributed by atoms with E-state index in [2.05, 4.69) is 11.4 Å². The SMILES string of the molecule is CC(CCO)N(Cc1ccccc1)C(=O)Nc1ccc(CC#N)cc1. The Morgan fingerprint density at radius 1 is 1.16 bits per heavy atom. The number of hydrogen-bond acceptors (Lipinski definition) is 3. The van der Waals surface area contributed by atoms with E-state index in [4.69, 9.17) is 5.26 Å². The van der Waals surface area contributed by atoms with E-state index in [0.717, 1.165) is 11.1 Å². The molecule has 0 bridgehead atoms. The molecule has 0 aliphatic rings. The monoisotopic (exact) mass is 337 g/mol. The van der Waals surface area contributed by atoms with Crippen molar-refractivity contribution in [1.29, 1.82) is 5.26 Å². The predicted octanol–water partition coefficient (Wildman–Crippen LogP) is 3.56. The van der Waals surface area contributed by atoms with Crippen molar-refractivity contribution in [2.24, 2.45) is 0 Å². The van der Waals surface area contributed by atoms with Crippen LogP contribution in [0.5, 0.6) is 0 Å². The van der Waals surface area contributed by atoms with Gasteiger partial charge in [-0.1, -0.05) is 42.5 Å². The van der Waals surface area contributed by atoms with Crippen LogP contribution in [0.15, 0.2) is 54.6 Å². The van der Waals surface area contributed by atoms with Crippen molar-refractivity contribution in [3.63, 3.8) is 0 Å². The third-order valence-electron chi connectivity index (χ3n) is 4.02. The predicted molar refractivity (Wildman–Crippen MR) is 97.9 cm³/mol. The summed E-state index contributed by atoms with van der Waals surface area (Å²) >= 11 is 0. The molecule has 2 amide bonds. The average molecular weight is 337 g/mol. The molecular formula is C20H23N3O2. The Bertz CT molecular complexity index is 708. The maximum atomic E-state index is 12.7. The average Bonchev–Trinajstić information content (AvgIpc) is 2.62. The number of benzene rings is 2. The van der Waals surface area contributed by atoms with Gasteiger partial charge in [0.05, 0.1) is 12.5 Å². The molecular weight excluding hydrogens is 314 g/mol. The van der Waals surface area contributed by atoms with Crippen LogP contribution >= 0.6 is 0 Å². The molecule has 0 aliphatic heterocycles. The number of nitrogens with zero attached hydrogens (tertiary/aromatic N) is 2. The molecule has 1 unspecified atom stereocenters. The molecule has 2 aromatic carbocycles. The standard InChI is InChI=1S/C20H23N3O2/c1-16(12-14-24)23(15-18-5-3-2-4-6-18)20(25)22-19-9-7-17(8-10-19)11-13-21/h2-10,16,24H,11-12,14-15H2,1H3,(H,22,25). The van der Waals surface area contributed by atoms with E-state index in [9.17, 15) is 9.90 Å². The van der Waals surface area contributed by atoms with Gasteiger partial charge in [-0.2, -0.15) is 5.26 Å². The first-order valence-corrected chi connectivity index (χ1v) is 8.32. The summed E-state index contributed by atoms with van der Waals surface area (Å²) in [6.07, 6.45) is 0.864. The van der Waals surface area contributed by atoms with E-state index in [1.165, 1.54) is 0 Å². The first kappa shape index (κ1) is 18.5. The molecule has 0 aliphatic carbocycles. The van der Waals surface area contributed by atoms with Crippen molar-refractivity contribution in [3.05, 3.63) is 65.7 Å². The second-order valence-electron chi connectivity index (χ2n) is 5.94. The molecule has 0 saturated carbocycles. The number of rotatable bonds is 7. The highest BCUT2D eigenvalue weighted by atomic mass is 16.3. The Balaban J connectivity index is 2.10. The molecule has 0 spiro atoms. The molecule has 0 aromatic heterocycles. The van der Waals surface area contributed by atoms with Crippen molar-refractivity contribution in [3.8, 4) is 6.07 Å². The van der Waals surface area contributed by atoms with Gasteiger partial charge in [-0.05, 0) is 36.6 Å². The van der Waals surface area contributed by atoms with Crippen LogP contribution in [-0.2, 0) is 13.0 Å². The first-order chi connectivity index (χ1) is 12.1. The molecule has 2 N–H and O–H groups in total. The lowest BCUT2D eigenvalue weighted by atomic mass is 10.1. The van der Waals surface area contributed by atoms with Crippen LogP contribution in [0.3, 0.4) is 0 Å². The number of amides is 2. The summed E-state index contributed by atoms with van der Waals surface area (Å²) in [5.41, 5.74) is 2.63. The van der Waals surface area contributed by atoms with Crippen molar-refractivity contribution in [1.82, 2.24) is 4.90 Å². The Kier molecular flexibility index (Phi) is 7.00. The van der Waals surface area contributed by atoms with Crippen molar-refractivity contribution < 1.29 is 9.90 Å². The highest BCUT2D eigenvalue weighted by Crippen LogP contribution is 2.15. The minimum absolute atomic E-state index is 0.0304. The Labute approximate surface area is 148 Å². The fraction of sp³-hybridized carbons (Fsp3) is 0.300. The summed E-state index contributed by atoms with van der Waals surface area (Å²) in [5.74, 6) is 0. The van der Waals surface area contributed by atoms with Crippen molar-refractivity contribution in [2.75, 3.05) is 11.9 Å². The van der Waals surface area contributed by atoms with Gasteiger partial charge in [-0.25, -0.2) is 4.79 Å². The van der Waals surface area contributed by atoms with E-state index in [1.54, 1.807) is 17.0 Å². The molecule has 0 heterocycles. The third-order valence-corrected chi connectivity index (χ3v) is 4.02. The third kappa shape index (κ3) is 5.63. The van der Waals surface area contributed by atoms with Crippen LogP contribution in [0.4, 0.5) is 10.5 Å². The van der Waals surface area contributed by atoms with Crippen LogP contribution in [0.2, 0.25) is 0 Å². The number of anilines is 1. The van der Waals surface area contributed by atoms with E-state index in [-0.39, 0.29) is 18.7 Å². The van der Waals surface area contributed by atoms with Crippen LogP contribution in [-0.4, -0.2) is 28.7 Å². The van der Waals surface area contributed by atoms with Gasteiger partial charge in [-0.3, -0.25) is 0 Å². The number of carbonyl (C=O) groups is 1. The summed E-state index contributed by atoms with van der Waals surface area (Å²) in [4.78, 5) is 14.4. The maximum absolute atomic E-state index is 12.7. The van der Waals surface area contributed by atoms with E-state index in [0.29, 0.717) is 25.1 Å². The molecule has 1 atom stereocenters. The molecule has 0 saturated heterocycles. The van der Waals surface area contributed by atoms with Crippen molar-refractivity contribution >= 4 is 11.7 Å². The Morgan fingerprint density at radius 3 is 2.44 bits per heavy atom. The van der Waals surface area contributed by atoms with E-state index >= 15 is 0 Å². The number of urea groups is 1. The second kappa shape index (κ2) is 9.45. The van der Waals surface area contributed by atoms with Crippen LogP contribution in [0.1, 0.15) is 24.5 Å². The molecule has 5 heteroatoms. The number of aliphatic hydroxyl groups is 1. The lowest BCUT2D eigenvalue weighted by Gasteiger charge is -2.29. The fourth-order valence-electron chi connectivity index (χ4n) is 2.54. The van der Waals surface area contributed by atoms with Crippen LogP contribution in [0.25, 0.3) is 0 Å². The minimum atomic E-state index is -0.210. The zero-order valence-corrected chi connectivity index (χ0v) is 14.4. The van der Waals surface area contributed by atoms with E-state index < -0.39 is 0 Å². The topological polar surface area (TPSA) is 76.4 Å². The molecule has 25 heavy (non-hydrogen) atoms. The number of nitriles is 1. The molecule has 0 fully saturated rings. The lowest BCUT2D eigenvalue weighted by molar-refractivity contribution is 0.169. The molecule has 130 valence electrons. The molecule has 2 aromatic rings. The largest absolute Gasteiger partial charge is 0.396 e. The zero-order valence-electron chi connectivity index (χ0n) is 14.4. The van der Waals surface area contributed by atoms with Gasteiger partial charge in [0, 0.05) is 24.9 Å². The lowest BCUT2D eigenvalue weighted by Crippen LogP contribution is -2.41. The smallest absolute Gasteiger partial charge is 0.322 e. The zero-order chi connectivity index (χ0) is 18.1. The van der Waals surface area contributed by atoms with E-state index in [1.807, 2.05) is 49.4 Å². The highest BCUT2D eigenvalue weighted by molar-refractivity contribution is 5.89. The number of carbonyl (C=O) groups excluding carboxylic acids is 1. The van der Waals surface area contributed by atoms with Gasteiger partial charge >= 0.3 is 6.03 Å². The van der Waals surface area contributed by atoms with Gasteiger partial charge in [-0.15, -0.1) is 0 Å². The van der Waals surface area contributed by atoms with Gasteiger partial charge < -0.3 is 15.3 Å². The molecule has 2 rings (SSSR count). The normalized spacial score (nSPS) is 11.4. The maximum Gasteiger partial charge on any atom is 0.322 e. The summed E-state index contributed by atoms with van der Waals surface area (Å²) in [7, 11) is 0. The summed E-state index contributed by atoms with van der Waals surface area (Å²) < 4.78 is 0. The van der Waals surface area contributed by atoms with Crippen molar-refractivity contribution in [2.45, 2.75) is 32.4 Å². The Morgan fingerprint density at radius 2 is 1.84 bits per heavy atom. The minimum Gasteiger partial charge on any atom is -0.396 e. The quantitative estimate of drug-likeness (QED) is 0.811.